The van der Waals surface area contributed by atoms with E-state index in [4.69, 9.17) is 9.15 Å². The topological polar surface area (TPSA) is 135 Å². The first-order valence-electron chi connectivity index (χ1n) is 9.33. The Morgan fingerprint density at radius 3 is 2.52 bits per heavy atom. The van der Waals surface area contributed by atoms with Gasteiger partial charge in [0.25, 0.3) is 0 Å². The van der Waals surface area contributed by atoms with Crippen LogP contribution in [0.4, 0.5) is 10.5 Å². The lowest BCUT2D eigenvalue weighted by molar-refractivity contribution is -0.140. The quantitative estimate of drug-likeness (QED) is 0.389. The Morgan fingerprint density at radius 2 is 1.87 bits per heavy atom. The van der Waals surface area contributed by atoms with E-state index >= 15 is 0 Å². The predicted octanol–water partition coefficient (Wildman–Crippen LogP) is 3.92. The highest BCUT2D eigenvalue weighted by Gasteiger charge is 2.28. The van der Waals surface area contributed by atoms with Crippen LogP contribution in [0.2, 0.25) is 0 Å². The molecule has 0 bridgehead atoms. The third-order valence-electron chi connectivity index (χ3n) is 4.52. The molecule has 0 saturated heterocycles. The van der Waals surface area contributed by atoms with Crippen LogP contribution in [0, 0.1) is 5.92 Å². The number of carboxylic acids is 1. The molecule has 0 spiro atoms. The summed E-state index contributed by atoms with van der Waals surface area (Å²) in [5, 5.41) is 13.6. The zero-order valence-corrected chi connectivity index (χ0v) is 19.1. The third-order valence-corrected chi connectivity index (χ3v) is 6.29. The van der Waals surface area contributed by atoms with Crippen LogP contribution in [-0.2, 0) is 19.6 Å². The van der Waals surface area contributed by atoms with E-state index in [9.17, 15) is 23.1 Å². The number of hydrogen-bond donors (Lipinski definition) is 3. The van der Waals surface area contributed by atoms with Crippen molar-refractivity contribution in [2.75, 3.05) is 17.3 Å². The van der Waals surface area contributed by atoms with Gasteiger partial charge in [-0.15, -0.1) is 0 Å². The number of amides is 1. The molecule has 1 heterocycles. The van der Waals surface area contributed by atoms with Crippen molar-refractivity contribution in [2.45, 2.75) is 24.8 Å². The lowest BCUT2D eigenvalue weighted by Crippen LogP contribution is -2.44. The average Bonchev–Trinajstić information content (AvgIpc) is 3.07. The molecule has 3 aromatic rings. The molecule has 0 aliphatic heterocycles. The third kappa shape index (κ3) is 5.17. The Morgan fingerprint density at radius 1 is 1.13 bits per heavy atom. The number of fused-ring (bicyclic) bond motifs is 3. The highest BCUT2D eigenvalue weighted by atomic mass is 79.9. The maximum Gasteiger partial charge on any atom is 0.411 e. The van der Waals surface area contributed by atoms with Crippen LogP contribution < -0.4 is 10.0 Å². The lowest BCUT2D eigenvalue weighted by Gasteiger charge is -2.17. The normalized spacial score (nSPS) is 12.9. The van der Waals surface area contributed by atoms with Crippen LogP contribution in [0.25, 0.3) is 21.9 Å². The van der Waals surface area contributed by atoms with Crippen molar-refractivity contribution in [1.82, 2.24) is 4.72 Å². The molecule has 0 aliphatic rings. The molecule has 0 unspecified atom stereocenters. The second-order valence-corrected chi connectivity index (χ2v) is 9.61. The zero-order chi connectivity index (χ0) is 22.8. The first-order valence-corrected chi connectivity index (χ1v) is 11.9. The van der Waals surface area contributed by atoms with E-state index < -0.39 is 34.0 Å². The number of hydrogen-bond acceptors (Lipinski definition) is 6. The van der Waals surface area contributed by atoms with E-state index in [1.54, 1.807) is 32.0 Å². The number of rotatable bonds is 8. The molecule has 1 aromatic heterocycles. The van der Waals surface area contributed by atoms with Crippen molar-refractivity contribution in [3.8, 4) is 0 Å². The van der Waals surface area contributed by atoms with Crippen LogP contribution in [0.5, 0.6) is 0 Å². The second kappa shape index (κ2) is 9.25. The van der Waals surface area contributed by atoms with Crippen LogP contribution >= 0.6 is 15.9 Å². The number of aliphatic carboxylic acids is 1. The first kappa shape index (κ1) is 23.0. The molecular weight excluding hydrogens is 492 g/mol. The molecule has 1 amide bonds. The maximum atomic E-state index is 12.7. The summed E-state index contributed by atoms with van der Waals surface area (Å²) in [5.41, 5.74) is 1.36. The Kier molecular flexibility index (Phi) is 6.87. The number of carbonyl (C=O) groups is 2. The SMILES string of the molecule is CC(C)[C@H](NS(=O)(=O)c1ccc2oc3cc(NC(=O)OCCBr)ccc3c2c1)C(=O)O. The number of nitrogens with one attached hydrogen (secondary N) is 2. The van der Waals surface area contributed by atoms with E-state index in [2.05, 4.69) is 26.0 Å². The molecule has 11 heteroatoms. The van der Waals surface area contributed by atoms with Gasteiger partial charge in [0.05, 0.1) is 4.90 Å². The Balaban J connectivity index is 1.94. The van der Waals surface area contributed by atoms with Crippen LogP contribution in [-0.4, -0.2) is 43.6 Å². The standard InChI is InChI=1S/C20H21BrN2O7S/c1-11(2)18(19(24)25)23-31(27,28)13-4-6-16-15(10-13)14-5-3-12(9-17(14)30-16)22-20(26)29-8-7-21/h3-6,9-11,18,23H,7-8H2,1-2H3,(H,22,26)(H,24,25)/t18-/m0/s1. The number of halogens is 1. The summed E-state index contributed by atoms with van der Waals surface area (Å²) < 4.78 is 38.4. The van der Waals surface area contributed by atoms with Crippen molar-refractivity contribution in [1.29, 1.82) is 0 Å². The maximum absolute atomic E-state index is 12.7. The van der Waals surface area contributed by atoms with E-state index in [-0.39, 0.29) is 11.5 Å². The first-order chi connectivity index (χ1) is 14.6. The molecule has 1 atom stereocenters. The van der Waals surface area contributed by atoms with Gasteiger partial charge in [-0.05, 0) is 36.2 Å². The summed E-state index contributed by atoms with van der Waals surface area (Å²) in [6.45, 7) is 3.47. The fourth-order valence-corrected chi connectivity index (χ4v) is 4.52. The molecule has 0 fully saturated rings. The highest BCUT2D eigenvalue weighted by molar-refractivity contribution is 9.09. The lowest BCUT2D eigenvalue weighted by atomic mass is 10.1. The summed E-state index contributed by atoms with van der Waals surface area (Å²) in [5.74, 6) is -1.68. The minimum atomic E-state index is -4.07. The van der Waals surface area contributed by atoms with E-state index in [1.807, 2.05) is 0 Å². The van der Waals surface area contributed by atoms with Crippen molar-refractivity contribution in [3.63, 3.8) is 0 Å². The van der Waals surface area contributed by atoms with Crippen LogP contribution in [0.3, 0.4) is 0 Å². The molecule has 9 nitrogen and oxygen atoms in total. The number of furan rings is 1. The monoisotopic (exact) mass is 512 g/mol. The van der Waals surface area contributed by atoms with Gasteiger partial charge < -0.3 is 14.3 Å². The molecule has 3 N–H and O–H groups in total. The van der Waals surface area contributed by atoms with Gasteiger partial charge in [0.15, 0.2) is 0 Å². The molecular formula is C20H21BrN2O7S. The molecule has 166 valence electrons. The predicted molar refractivity (Wildman–Crippen MR) is 119 cm³/mol. The summed E-state index contributed by atoms with van der Waals surface area (Å²) in [6, 6.07) is 7.98. The van der Waals surface area contributed by atoms with Crippen LogP contribution in [0.1, 0.15) is 13.8 Å². The van der Waals surface area contributed by atoms with E-state index in [1.165, 1.54) is 18.2 Å². The molecule has 3 rings (SSSR count). The van der Waals surface area contributed by atoms with Gasteiger partial charge in [-0.25, -0.2) is 13.2 Å². The number of carboxylic acid groups (broad SMARTS) is 1. The summed E-state index contributed by atoms with van der Waals surface area (Å²) in [4.78, 5) is 23.0. The van der Waals surface area contributed by atoms with Crippen molar-refractivity contribution >= 4 is 65.6 Å². The number of benzene rings is 2. The molecule has 0 aliphatic carbocycles. The van der Waals surface area contributed by atoms with Gasteiger partial charge in [-0.1, -0.05) is 29.8 Å². The fourth-order valence-electron chi connectivity index (χ4n) is 2.99. The minimum absolute atomic E-state index is 0.0739. The summed E-state index contributed by atoms with van der Waals surface area (Å²) >= 11 is 3.17. The number of anilines is 1. The van der Waals surface area contributed by atoms with Gasteiger partial charge >= 0.3 is 12.1 Å². The number of carbonyl (C=O) groups excluding carboxylic acids is 1. The van der Waals surface area contributed by atoms with Gasteiger partial charge in [-0.2, -0.15) is 4.72 Å². The van der Waals surface area contributed by atoms with Gasteiger partial charge in [0.2, 0.25) is 10.0 Å². The minimum Gasteiger partial charge on any atom is -0.480 e. The second-order valence-electron chi connectivity index (χ2n) is 7.10. The van der Waals surface area contributed by atoms with Crippen molar-refractivity contribution in [2.24, 2.45) is 5.92 Å². The summed E-state index contributed by atoms with van der Waals surface area (Å²) in [7, 11) is -4.07. The number of sulfonamides is 1. The highest BCUT2D eigenvalue weighted by Crippen LogP contribution is 2.32. The number of alkyl halides is 1. The van der Waals surface area contributed by atoms with Crippen LogP contribution in [0.15, 0.2) is 45.7 Å². The van der Waals surface area contributed by atoms with Gasteiger partial charge in [-0.3, -0.25) is 10.1 Å². The average molecular weight is 513 g/mol. The summed E-state index contributed by atoms with van der Waals surface area (Å²) in [6.07, 6.45) is -0.604. The Labute approximate surface area is 186 Å². The Bertz CT molecular complexity index is 1240. The van der Waals surface area contributed by atoms with Gasteiger partial charge in [0, 0.05) is 27.9 Å². The molecule has 31 heavy (non-hydrogen) atoms. The zero-order valence-electron chi connectivity index (χ0n) is 16.7. The molecule has 0 saturated carbocycles. The molecule has 2 aromatic carbocycles. The largest absolute Gasteiger partial charge is 0.480 e. The Hall–Kier alpha value is -2.63. The van der Waals surface area contributed by atoms with Crippen molar-refractivity contribution < 1.29 is 32.3 Å². The molecule has 0 radical (unpaired) electrons. The fraction of sp³-hybridized carbons (Fsp3) is 0.300. The van der Waals surface area contributed by atoms with E-state index in [0.29, 0.717) is 33.0 Å². The van der Waals surface area contributed by atoms with Gasteiger partial charge in [0.1, 0.15) is 23.8 Å². The number of ether oxygens (including phenoxy) is 1. The smallest absolute Gasteiger partial charge is 0.411 e. The van der Waals surface area contributed by atoms with Crippen molar-refractivity contribution in [3.05, 3.63) is 36.4 Å². The van der Waals surface area contributed by atoms with E-state index in [0.717, 1.165) is 0 Å².